The standard InChI is InChI=1S/C12H12BrN3/c13-11-5-2-6-15-12(11)16-8-9-3-1-4-10(14)7-9/h1-7H,8,14H2,(H,15,16). The summed E-state index contributed by atoms with van der Waals surface area (Å²) >= 11 is 3.43. The minimum atomic E-state index is 0.709. The Labute approximate surface area is 103 Å². The molecule has 0 radical (unpaired) electrons. The third-order valence-electron chi connectivity index (χ3n) is 2.17. The highest BCUT2D eigenvalue weighted by atomic mass is 79.9. The Kier molecular flexibility index (Phi) is 3.41. The molecular weight excluding hydrogens is 266 g/mol. The highest BCUT2D eigenvalue weighted by Crippen LogP contribution is 2.19. The Morgan fingerprint density at radius 1 is 1.25 bits per heavy atom. The zero-order valence-electron chi connectivity index (χ0n) is 8.65. The van der Waals surface area contributed by atoms with Crippen LogP contribution in [0.5, 0.6) is 0 Å². The Balaban J connectivity index is 2.05. The molecule has 2 rings (SSSR count). The molecule has 82 valence electrons. The molecule has 0 fully saturated rings. The second kappa shape index (κ2) is 4.99. The van der Waals surface area contributed by atoms with Crippen LogP contribution >= 0.6 is 15.9 Å². The molecule has 3 N–H and O–H groups in total. The maximum absolute atomic E-state index is 5.70. The third-order valence-corrected chi connectivity index (χ3v) is 2.81. The second-order valence-electron chi connectivity index (χ2n) is 3.43. The quantitative estimate of drug-likeness (QED) is 0.848. The van der Waals surface area contributed by atoms with Gasteiger partial charge in [0.15, 0.2) is 0 Å². The fourth-order valence-electron chi connectivity index (χ4n) is 1.40. The van der Waals surface area contributed by atoms with Crippen molar-refractivity contribution in [3.63, 3.8) is 0 Å². The fourth-order valence-corrected chi connectivity index (χ4v) is 1.80. The number of pyridine rings is 1. The van der Waals surface area contributed by atoms with Crippen LogP contribution in [0.2, 0.25) is 0 Å². The van der Waals surface area contributed by atoms with Crippen LogP contribution in [-0.4, -0.2) is 4.98 Å². The first-order valence-electron chi connectivity index (χ1n) is 4.94. The van der Waals surface area contributed by atoms with Gasteiger partial charge in [-0.1, -0.05) is 12.1 Å². The summed E-state index contributed by atoms with van der Waals surface area (Å²) in [7, 11) is 0. The van der Waals surface area contributed by atoms with Gasteiger partial charge in [0.2, 0.25) is 0 Å². The lowest BCUT2D eigenvalue weighted by atomic mass is 10.2. The van der Waals surface area contributed by atoms with Crippen molar-refractivity contribution < 1.29 is 0 Å². The number of benzene rings is 1. The highest BCUT2D eigenvalue weighted by molar-refractivity contribution is 9.10. The van der Waals surface area contributed by atoms with E-state index < -0.39 is 0 Å². The Hall–Kier alpha value is -1.55. The molecule has 16 heavy (non-hydrogen) atoms. The lowest BCUT2D eigenvalue weighted by Crippen LogP contribution is -2.02. The van der Waals surface area contributed by atoms with E-state index in [1.165, 1.54) is 0 Å². The normalized spacial score (nSPS) is 10.1. The van der Waals surface area contributed by atoms with E-state index in [0.717, 1.165) is 21.5 Å². The third kappa shape index (κ3) is 2.73. The van der Waals surface area contributed by atoms with Crippen molar-refractivity contribution in [2.24, 2.45) is 0 Å². The van der Waals surface area contributed by atoms with Crippen molar-refractivity contribution in [1.82, 2.24) is 4.98 Å². The van der Waals surface area contributed by atoms with E-state index in [2.05, 4.69) is 26.2 Å². The van der Waals surface area contributed by atoms with E-state index in [1.54, 1.807) is 6.20 Å². The summed E-state index contributed by atoms with van der Waals surface area (Å²) in [5, 5.41) is 3.24. The van der Waals surface area contributed by atoms with E-state index in [1.807, 2.05) is 36.4 Å². The van der Waals surface area contributed by atoms with Gasteiger partial charge < -0.3 is 11.1 Å². The van der Waals surface area contributed by atoms with Crippen LogP contribution in [0.15, 0.2) is 47.1 Å². The van der Waals surface area contributed by atoms with Crippen LogP contribution in [0.3, 0.4) is 0 Å². The predicted molar refractivity (Wildman–Crippen MR) is 70.1 cm³/mol. The van der Waals surface area contributed by atoms with Crippen LogP contribution in [0, 0.1) is 0 Å². The fraction of sp³-hybridized carbons (Fsp3) is 0.0833. The van der Waals surface area contributed by atoms with Crippen LogP contribution in [-0.2, 0) is 6.54 Å². The molecule has 0 spiro atoms. The molecule has 1 aromatic heterocycles. The minimum absolute atomic E-state index is 0.709. The summed E-state index contributed by atoms with van der Waals surface area (Å²) in [6, 6.07) is 11.6. The molecule has 2 aromatic rings. The van der Waals surface area contributed by atoms with Gasteiger partial charge >= 0.3 is 0 Å². The average molecular weight is 278 g/mol. The van der Waals surface area contributed by atoms with E-state index in [-0.39, 0.29) is 0 Å². The number of nitrogens with one attached hydrogen (secondary N) is 1. The summed E-state index contributed by atoms with van der Waals surface area (Å²) in [5.41, 5.74) is 7.62. The monoisotopic (exact) mass is 277 g/mol. The lowest BCUT2D eigenvalue weighted by Gasteiger charge is -2.07. The van der Waals surface area contributed by atoms with Gasteiger partial charge in [-0.05, 0) is 45.8 Å². The molecule has 1 aromatic carbocycles. The van der Waals surface area contributed by atoms with Gasteiger partial charge in [0.25, 0.3) is 0 Å². The van der Waals surface area contributed by atoms with E-state index in [9.17, 15) is 0 Å². The number of halogens is 1. The van der Waals surface area contributed by atoms with Crippen molar-refractivity contribution in [2.45, 2.75) is 6.54 Å². The topological polar surface area (TPSA) is 50.9 Å². The summed E-state index contributed by atoms with van der Waals surface area (Å²) < 4.78 is 0.957. The molecule has 0 aliphatic rings. The maximum atomic E-state index is 5.70. The number of aromatic nitrogens is 1. The van der Waals surface area contributed by atoms with Crippen molar-refractivity contribution in [3.05, 3.63) is 52.6 Å². The molecular formula is C12H12BrN3. The van der Waals surface area contributed by atoms with Crippen LogP contribution in [0.4, 0.5) is 11.5 Å². The number of nitrogens with two attached hydrogens (primary N) is 1. The summed E-state index contributed by atoms with van der Waals surface area (Å²) in [6.45, 7) is 0.709. The number of nitrogens with zero attached hydrogens (tertiary/aromatic N) is 1. The first-order chi connectivity index (χ1) is 7.75. The number of rotatable bonds is 3. The minimum Gasteiger partial charge on any atom is -0.399 e. The largest absolute Gasteiger partial charge is 0.399 e. The van der Waals surface area contributed by atoms with Crippen molar-refractivity contribution >= 4 is 27.4 Å². The molecule has 0 atom stereocenters. The smallest absolute Gasteiger partial charge is 0.140 e. The van der Waals surface area contributed by atoms with Gasteiger partial charge in [0, 0.05) is 18.4 Å². The van der Waals surface area contributed by atoms with Crippen molar-refractivity contribution in [1.29, 1.82) is 0 Å². The zero-order valence-corrected chi connectivity index (χ0v) is 10.2. The van der Waals surface area contributed by atoms with Gasteiger partial charge in [-0.2, -0.15) is 0 Å². The highest BCUT2D eigenvalue weighted by Gasteiger charge is 1.99. The Morgan fingerprint density at radius 3 is 2.88 bits per heavy atom. The van der Waals surface area contributed by atoms with Gasteiger partial charge in [-0.3, -0.25) is 0 Å². The summed E-state index contributed by atoms with van der Waals surface area (Å²) in [5.74, 6) is 0.838. The molecule has 0 unspecified atom stereocenters. The number of nitrogen functional groups attached to an aromatic ring is 1. The second-order valence-corrected chi connectivity index (χ2v) is 4.29. The number of hydrogen-bond acceptors (Lipinski definition) is 3. The maximum Gasteiger partial charge on any atom is 0.140 e. The Bertz CT molecular complexity index is 485. The molecule has 0 aliphatic heterocycles. The average Bonchev–Trinajstić information content (AvgIpc) is 2.28. The van der Waals surface area contributed by atoms with Crippen LogP contribution in [0.1, 0.15) is 5.56 Å². The van der Waals surface area contributed by atoms with Gasteiger partial charge in [-0.15, -0.1) is 0 Å². The summed E-state index contributed by atoms with van der Waals surface area (Å²) in [6.07, 6.45) is 1.76. The first-order valence-corrected chi connectivity index (χ1v) is 5.74. The summed E-state index contributed by atoms with van der Waals surface area (Å²) in [4.78, 5) is 4.23. The molecule has 0 saturated heterocycles. The van der Waals surface area contributed by atoms with Gasteiger partial charge in [0.1, 0.15) is 5.82 Å². The van der Waals surface area contributed by atoms with Gasteiger partial charge in [-0.25, -0.2) is 4.98 Å². The molecule has 3 nitrogen and oxygen atoms in total. The molecule has 0 saturated carbocycles. The molecule has 4 heteroatoms. The Morgan fingerprint density at radius 2 is 2.12 bits per heavy atom. The van der Waals surface area contributed by atoms with Crippen LogP contribution in [0.25, 0.3) is 0 Å². The van der Waals surface area contributed by atoms with Gasteiger partial charge in [0.05, 0.1) is 4.47 Å². The van der Waals surface area contributed by atoms with Crippen LogP contribution < -0.4 is 11.1 Å². The predicted octanol–water partition coefficient (Wildman–Crippen LogP) is 3.04. The zero-order chi connectivity index (χ0) is 11.4. The van der Waals surface area contributed by atoms with E-state index >= 15 is 0 Å². The van der Waals surface area contributed by atoms with E-state index in [4.69, 9.17) is 5.73 Å². The molecule has 0 bridgehead atoms. The first kappa shape index (κ1) is 11.0. The molecule has 0 amide bonds. The number of anilines is 2. The van der Waals surface area contributed by atoms with Crippen molar-refractivity contribution in [2.75, 3.05) is 11.1 Å². The number of hydrogen-bond donors (Lipinski definition) is 2. The molecule has 0 aliphatic carbocycles. The SMILES string of the molecule is Nc1cccc(CNc2ncccc2Br)c1. The molecule has 1 heterocycles. The van der Waals surface area contributed by atoms with Crippen molar-refractivity contribution in [3.8, 4) is 0 Å². The van der Waals surface area contributed by atoms with E-state index in [0.29, 0.717) is 6.54 Å². The lowest BCUT2D eigenvalue weighted by molar-refractivity contribution is 1.11.